The number of aromatic nitrogens is 2. The Morgan fingerprint density at radius 2 is 1.97 bits per heavy atom. The van der Waals surface area contributed by atoms with Crippen LogP contribution in [0.15, 0.2) is 35.3 Å². The molecule has 1 heterocycles. The molecule has 0 atom stereocenters. The lowest BCUT2D eigenvalue weighted by Gasteiger charge is -2.31. The lowest BCUT2D eigenvalue weighted by Crippen LogP contribution is -2.35. The van der Waals surface area contributed by atoms with Crippen LogP contribution in [0.25, 0.3) is 0 Å². The fourth-order valence-electron chi connectivity index (χ4n) is 4.16. The maximum absolute atomic E-state index is 13.2. The molecule has 0 bridgehead atoms. The Hall–Kier alpha value is -2.84. The van der Waals surface area contributed by atoms with Gasteiger partial charge in [-0.2, -0.15) is 18.3 Å². The monoisotopic (exact) mass is 421 g/mol. The number of alkyl halides is 3. The summed E-state index contributed by atoms with van der Waals surface area (Å²) in [6.45, 7) is 0.159. The molecule has 0 saturated heterocycles. The van der Waals surface area contributed by atoms with Crippen LogP contribution in [-0.4, -0.2) is 26.8 Å². The van der Waals surface area contributed by atoms with E-state index in [1.165, 1.54) is 10.7 Å². The van der Waals surface area contributed by atoms with Gasteiger partial charge in [-0.05, 0) is 37.3 Å². The molecule has 1 aromatic carbocycles. The first-order chi connectivity index (χ1) is 14.2. The Kier molecular flexibility index (Phi) is 5.07. The quantitative estimate of drug-likeness (QED) is 0.775. The SMILES string of the molecule is O=C(NC1CC1)c1nn(CC2(c3cccc(C(F)(F)F)c3)CCCC2)cc(O)c1=O. The molecule has 2 aliphatic rings. The van der Waals surface area contributed by atoms with Gasteiger partial charge in [-0.25, -0.2) is 0 Å². The first-order valence-corrected chi connectivity index (χ1v) is 9.97. The van der Waals surface area contributed by atoms with Crippen LogP contribution in [0.2, 0.25) is 0 Å². The zero-order valence-electron chi connectivity index (χ0n) is 16.2. The van der Waals surface area contributed by atoms with Gasteiger partial charge >= 0.3 is 6.18 Å². The van der Waals surface area contributed by atoms with E-state index in [9.17, 15) is 27.9 Å². The first kappa shape index (κ1) is 20.4. The largest absolute Gasteiger partial charge is 0.503 e. The zero-order valence-corrected chi connectivity index (χ0v) is 16.2. The number of nitrogens with one attached hydrogen (secondary N) is 1. The van der Waals surface area contributed by atoms with Gasteiger partial charge in [0.05, 0.1) is 18.3 Å². The summed E-state index contributed by atoms with van der Waals surface area (Å²) < 4.78 is 41.0. The summed E-state index contributed by atoms with van der Waals surface area (Å²) in [4.78, 5) is 24.5. The minimum atomic E-state index is -4.45. The summed E-state index contributed by atoms with van der Waals surface area (Å²) >= 11 is 0. The lowest BCUT2D eigenvalue weighted by molar-refractivity contribution is -0.137. The van der Waals surface area contributed by atoms with E-state index in [1.807, 2.05) is 0 Å². The van der Waals surface area contributed by atoms with Crippen molar-refractivity contribution in [3.8, 4) is 5.75 Å². The fourth-order valence-corrected chi connectivity index (χ4v) is 4.16. The van der Waals surface area contributed by atoms with Gasteiger partial charge < -0.3 is 10.4 Å². The van der Waals surface area contributed by atoms with Gasteiger partial charge in [0.25, 0.3) is 11.3 Å². The van der Waals surface area contributed by atoms with Crippen molar-refractivity contribution >= 4 is 5.91 Å². The molecule has 0 radical (unpaired) electrons. The molecule has 1 aromatic heterocycles. The highest BCUT2D eigenvalue weighted by Gasteiger charge is 2.39. The molecule has 0 spiro atoms. The number of halogens is 3. The third-order valence-corrected chi connectivity index (χ3v) is 5.90. The van der Waals surface area contributed by atoms with Crippen LogP contribution < -0.4 is 10.7 Å². The number of benzene rings is 1. The van der Waals surface area contributed by atoms with Gasteiger partial charge in [-0.3, -0.25) is 14.3 Å². The van der Waals surface area contributed by atoms with Crippen LogP contribution in [0.1, 0.15) is 60.1 Å². The maximum Gasteiger partial charge on any atom is 0.416 e. The molecule has 2 N–H and O–H groups in total. The van der Waals surface area contributed by atoms with E-state index in [4.69, 9.17) is 0 Å². The van der Waals surface area contributed by atoms with Gasteiger partial charge in [0.15, 0.2) is 11.4 Å². The normalized spacial score (nSPS) is 18.4. The summed E-state index contributed by atoms with van der Waals surface area (Å²) in [6.07, 6.45) is 1.34. The molecule has 2 saturated carbocycles. The predicted molar refractivity (Wildman–Crippen MR) is 102 cm³/mol. The number of aromatic hydroxyl groups is 1. The van der Waals surface area contributed by atoms with Crippen LogP contribution in [0.4, 0.5) is 13.2 Å². The molecule has 2 fully saturated rings. The minimum absolute atomic E-state index is 0.0146. The molecule has 160 valence electrons. The second kappa shape index (κ2) is 7.45. The van der Waals surface area contributed by atoms with Crippen LogP contribution in [0.3, 0.4) is 0 Å². The van der Waals surface area contributed by atoms with Crippen LogP contribution in [0, 0.1) is 0 Å². The maximum atomic E-state index is 13.2. The van der Waals surface area contributed by atoms with E-state index >= 15 is 0 Å². The molecule has 0 aliphatic heterocycles. The second-order valence-corrected chi connectivity index (χ2v) is 8.20. The van der Waals surface area contributed by atoms with E-state index < -0.39 is 39.9 Å². The third-order valence-electron chi connectivity index (χ3n) is 5.90. The number of amides is 1. The fraction of sp³-hybridized carbons (Fsp3) is 0.476. The van der Waals surface area contributed by atoms with Crippen LogP contribution >= 0.6 is 0 Å². The highest BCUT2D eigenvalue weighted by atomic mass is 19.4. The molecular weight excluding hydrogens is 399 g/mol. The van der Waals surface area contributed by atoms with Crippen molar-refractivity contribution in [2.45, 2.75) is 62.7 Å². The summed E-state index contributed by atoms with van der Waals surface area (Å²) in [6, 6.07) is 5.28. The summed E-state index contributed by atoms with van der Waals surface area (Å²) in [5.41, 5.74) is -2.06. The van der Waals surface area contributed by atoms with Crippen LogP contribution in [-0.2, 0) is 18.1 Å². The predicted octanol–water partition coefficient (Wildman–Crippen LogP) is 3.37. The number of carbonyl (C=O) groups is 1. The number of rotatable bonds is 5. The van der Waals surface area contributed by atoms with E-state index in [1.54, 1.807) is 6.07 Å². The van der Waals surface area contributed by atoms with Crippen molar-refractivity contribution < 1.29 is 23.1 Å². The second-order valence-electron chi connectivity index (χ2n) is 8.20. The third kappa shape index (κ3) is 4.06. The standard InChI is InChI=1S/C21H22F3N3O3/c22-21(23,24)14-5-3-4-13(10-14)20(8-1-2-9-20)12-27-11-16(28)18(29)17(26-27)19(30)25-15-6-7-15/h3-5,10-11,15,28H,1-2,6-9,12H2,(H,25,30). The molecule has 9 heteroatoms. The topological polar surface area (TPSA) is 84.2 Å². The smallest absolute Gasteiger partial charge is 0.416 e. The number of nitrogens with zero attached hydrogens (tertiary/aromatic N) is 2. The van der Waals surface area contributed by atoms with Gasteiger partial charge in [-0.15, -0.1) is 0 Å². The molecule has 4 rings (SSSR count). The van der Waals surface area contributed by atoms with Crippen molar-refractivity contribution in [1.82, 2.24) is 15.1 Å². The number of hydrogen-bond acceptors (Lipinski definition) is 4. The molecular formula is C21H22F3N3O3. The first-order valence-electron chi connectivity index (χ1n) is 9.97. The lowest BCUT2D eigenvalue weighted by atomic mass is 9.78. The Morgan fingerprint density at radius 1 is 1.27 bits per heavy atom. The van der Waals surface area contributed by atoms with E-state index in [-0.39, 0.29) is 12.6 Å². The van der Waals surface area contributed by atoms with Gasteiger partial charge in [0.1, 0.15) is 0 Å². The molecule has 0 unspecified atom stereocenters. The van der Waals surface area contributed by atoms with Gasteiger partial charge in [-0.1, -0.05) is 31.0 Å². The highest BCUT2D eigenvalue weighted by Crippen LogP contribution is 2.44. The molecule has 6 nitrogen and oxygen atoms in total. The van der Waals surface area contributed by atoms with E-state index in [0.29, 0.717) is 18.4 Å². The van der Waals surface area contributed by atoms with E-state index in [0.717, 1.165) is 44.0 Å². The molecule has 30 heavy (non-hydrogen) atoms. The Labute approximate surface area is 170 Å². The average molecular weight is 421 g/mol. The highest BCUT2D eigenvalue weighted by molar-refractivity contribution is 5.92. The molecule has 2 aliphatic carbocycles. The Balaban J connectivity index is 1.69. The van der Waals surface area contributed by atoms with Crippen molar-refractivity contribution in [3.05, 3.63) is 57.5 Å². The van der Waals surface area contributed by atoms with Crippen molar-refractivity contribution in [2.24, 2.45) is 0 Å². The number of hydrogen-bond donors (Lipinski definition) is 2. The summed E-state index contributed by atoms with van der Waals surface area (Å²) in [5.74, 6) is -1.25. The molecule has 1 amide bonds. The Morgan fingerprint density at radius 3 is 2.60 bits per heavy atom. The van der Waals surface area contributed by atoms with E-state index in [2.05, 4.69) is 10.4 Å². The van der Waals surface area contributed by atoms with Gasteiger partial charge in [0.2, 0.25) is 0 Å². The zero-order chi connectivity index (χ0) is 21.5. The minimum Gasteiger partial charge on any atom is -0.503 e. The summed E-state index contributed by atoms with van der Waals surface area (Å²) in [5, 5.41) is 16.9. The number of carbonyl (C=O) groups excluding carboxylic acids is 1. The van der Waals surface area contributed by atoms with Crippen molar-refractivity contribution in [3.63, 3.8) is 0 Å². The average Bonchev–Trinajstić information content (AvgIpc) is 3.38. The Bertz CT molecular complexity index is 1020. The molecule has 2 aromatic rings. The van der Waals surface area contributed by atoms with Crippen LogP contribution in [0.5, 0.6) is 5.75 Å². The summed E-state index contributed by atoms with van der Waals surface area (Å²) in [7, 11) is 0. The van der Waals surface area contributed by atoms with Crippen molar-refractivity contribution in [2.75, 3.05) is 0 Å². The van der Waals surface area contributed by atoms with Crippen molar-refractivity contribution in [1.29, 1.82) is 0 Å². The van der Waals surface area contributed by atoms with Gasteiger partial charge in [0, 0.05) is 11.5 Å².